The minimum Gasteiger partial charge on any atom is -0.481 e. The van der Waals surface area contributed by atoms with Gasteiger partial charge in [0, 0.05) is 26.2 Å². The van der Waals surface area contributed by atoms with Crippen LogP contribution in [-0.2, 0) is 4.79 Å². The Morgan fingerprint density at radius 3 is 2.58 bits per heavy atom. The van der Waals surface area contributed by atoms with Gasteiger partial charge in [0.05, 0.1) is 5.92 Å². The van der Waals surface area contributed by atoms with Gasteiger partial charge in [0.1, 0.15) is 0 Å². The highest BCUT2D eigenvalue weighted by molar-refractivity contribution is 5.77. The van der Waals surface area contributed by atoms with E-state index in [1.54, 1.807) is 4.90 Å². The zero-order valence-corrected chi connectivity index (χ0v) is 11.6. The number of hydrogen-bond donors (Lipinski definition) is 2. The molecule has 2 aliphatic heterocycles. The molecule has 0 saturated carbocycles. The van der Waals surface area contributed by atoms with Crippen LogP contribution in [0.1, 0.15) is 13.3 Å². The SMILES string of the molecule is CC1CN(C(=O)NCC2CCN(C)C2)CC1C(=O)O. The average Bonchev–Trinajstić information content (AvgIpc) is 2.92. The van der Waals surface area contributed by atoms with Crippen molar-refractivity contribution in [3.8, 4) is 0 Å². The van der Waals surface area contributed by atoms with E-state index in [1.807, 2.05) is 6.92 Å². The normalized spacial score (nSPS) is 31.7. The van der Waals surface area contributed by atoms with Crippen molar-refractivity contribution < 1.29 is 14.7 Å². The third-order valence-corrected chi connectivity index (χ3v) is 4.25. The molecule has 0 bridgehead atoms. The van der Waals surface area contributed by atoms with Gasteiger partial charge in [-0.25, -0.2) is 4.79 Å². The molecule has 2 rings (SSSR count). The fourth-order valence-electron chi connectivity index (χ4n) is 2.99. The Hall–Kier alpha value is -1.30. The van der Waals surface area contributed by atoms with Crippen LogP contribution in [0.4, 0.5) is 4.79 Å². The Balaban J connectivity index is 1.76. The molecule has 3 unspecified atom stereocenters. The second kappa shape index (κ2) is 5.77. The van der Waals surface area contributed by atoms with Crippen molar-refractivity contribution in [1.82, 2.24) is 15.1 Å². The second-order valence-corrected chi connectivity index (χ2v) is 5.93. The van der Waals surface area contributed by atoms with Crippen molar-refractivity contribution in [3.63, 3.8) is 0 Å². The van der Waals surface area contributed by atoms with Crippen LogP contribution in [0.15, 0.2) is 0 Å². The lowest BCUT2D eigenvalue weighted by Crippen LogP contribution is -2.41. The molecular formula is C13H23N3O3. The predicted molar refractivity (Wildman–Crippen MR) is 70.9 cm³/mol. The lowest BCUT2D eigenvalue weighted by Gasteiger charge is -2.18. The molecule has 2 aliphatic rings. The van der Waals surface area contributed by atoms with Gasteiger partial charge in [-0.2, -0.15) is 0 Å². The van der Waals surface area contributed by atoms with Gasteiger partial charge in [-0.05, 0) is 31.8 Å². The number of carbonyl (C=O) groups excluding carboxylic acids is 1. The molecule has 0 aromatic heterocycles. The first-order valence-corrected chi connectivity index (χ1v) is 6.91. The number of likely N-dealkylation sites (tertiary alicyclic amines) is 2. The number of nitrogens with one attached hydrogen (secondary N) is 1. The number of hydrogen-bond acceptors (Lipinski definition) is 3. The van der Waals surface area contributed by atoms with Gasteiger partial charge in [-0.3, -0.25) is 4.79 Å². The maximum Gasteiger partial charge on any atom is 0.317 e. The first-order chi connectivity index (χ1) is 8.97. The molecule has 19 heavy (non-hydrogen) atoms. The van der Waals surface area contributed by atoms with E-state index in [9.17, 15) is 9.59 Å². The molecule has 2 heterocycles. The third-order valence-electron chi connectivity index (χ3n) is 4.25. The van der Waals surface area contributed by atoms with E-state index in [0.29, 0.717) is 25.6 Å². The summed E-state index contributed by atoms with van der Waals surface area (Å²) in [6.07, 6.45) is 1.12. The van der Waals surface area contributed by atoms with Crippen LogP contribution in [0, 0.1) is 17.8 Å². The zero-order chi connectivity index (χ0) is 14.0. The first kappa shape index (κ1) is 14.1. The first-order valence-electron chi connectivity index (χ1n) is 6.91. The molecule has 0 spiro atoms. The molecule has 6 heteroatoms. The Morgan fingerprint density at radius 1 is 1.32 bits per heavy atom. The number of carbonyl (C=O) groups is 2. The highest BCUT2D eigenvalue weighted by Crippen LogP contribution is 2.23. The number of amides is 2. The lowest BCUT2D eigenvalue weighted by molar-refractivity contribution is -0.142. The van der Waals surface area contributed by atoms with Crippen molar-refractivity contribution in [1.29, 1.82) is 0 Å². The van der Waals surface area contributed by atoms with E-state index in [4.69, 9.17) is 5.11 Å². The molecule has 2 N–H and O–H groups in total. The molecule has 2 saturated heterocycles. The van der Waals surface area contributed by atoms with Crippen LogP contribution >= 0.6 is 0 Å². The van der Waals surface area contributed by atoms with E-state index < -0.39 is 11.9 Å². The summed E-state index contributed by atoms with van der Waals surface area (Å²) in [5.41, 5.74) is 0. The summed E-state index contributed by atoms with van der Waals surface area (Å²) in [5.74, 6) is -0.686. The standard InChI is InChI=1S/C13H23N3O3/c1-9-6-16(8-11(9)12(17)18)13(19)14-5-10-3-4-15(2)7-10/h9-11H,3-8H2,1-2H3,(H,14,19)(H,17,18). The number of rotatable bonds is 3. The quantitative estimate of drug-likeness (QED) is 0.773. The molecule has 2 fully saturated rings. The van der Waals surface area contributed by atoms with Crippen LogP contribution in [0.3, 0.4) is 0 Å². The maximum absolute atomic E-state index is 12.0. The van der Waals surface area contributed by atoms with Gasteiger partial charge in [-0.1, -0.05) is 6.92 Å². The fourth-order valence-corrected chi connectivity index (χ4v) is 2.99. The van der Waals surface area contributed by atoms with Crippen LogP contribution in [0.5, 0.6) is 0 Å². The minimum atomic E-state index is -0.805. The number of urea groups is 1. The summed E-state index contributed by atoms with van der Waals surface area (Å²) in [6, 6.07) is -0.120. The summed E-state index contributed by atoms with van der Waals surface area (Å²) >= 11 is 0. The van der Waals surface area contributed by atoms with Crippen molar-refractivity contribution >= 4 is 12.0 Å². The Labute approximate surface area is 113 Å². The van der Waals surface area contributed by atoms with E-state index in [2.05, 4.69) is 17.3 Å². The van der Waals surface area contributed by atoms with Crippen LogP contribution < -0.4 is 5.32 Å². The smallest absolute Gasteiger partial charge is 0.317 e. The van der Waals surface area contributed by atoms with Crippen molar-refractivity contribution in [2.24, 2.45) is 17.8 Å². The minimum absolute atomic E-state index is 0.0286. The Kier molecular flexibility index (Phi) is 4.29. The van der Waals surface area contributed by atoms with Crippen LogP contribution in [0.25, 0.3) is 0 Å². The lowest BCUT2D eigenvalue weighted by atomic mass is 9.99. The van der Waals surface area contributed by atoms with E-state index in [0.717, 1.165) is 19.5 Å². The van der Waals surface area contributed by atoms with E-state index >= 15 is 0 Å². The second-order valence-electron chi connectivity index (χ2n) is 5.93. The zero-order valence-electron chi connectivity index (χ0n) is 11.6. The van der Waals surface area contributed by atoms with Gasteiger partial charge in [0.15, 0.2) is 0 Å². The topological polar surface area (TPSA) is 72.9 Å². The molecule has 0 aromatic rings. The van der Waals surface area contributed by atoms with Crippen LogP contribution in [0.2, 0.25) is 0 Å². The predicted octanol–water partition coefficient (Wildman–Crippen LogP) is 0.300. The molecule has 0 aliphatic carbocycles. The number of nitrogens with zero attached hydrogens (tertiary/aromatic N) is 2. The van der Waals surface area contributed by atoms with E-state index in [-0.39, 0.29) is 11.9 Å². The fraction of sp³-hybridized carbons (Fsp3) is 0.846. The molecule has 108 valence electrons. The van der Waals surface area contributed by atoms with Gasteiger partial charge in [0.25, 0.3) is 0 Å². The summed E-state index contributed by atoms with van der Waals surface area (Å²) < 4.78 is 0. The van der Waals surface area contributed by atoms with E-state index in [1.165, 1.54) is 0 Å². The number of carboxylic acids is 1. The molecule has 3 atom stereocenters. The van der Waals surface area contributed by atoms with Gasteiger partial charge >= 0.3 is 12.0 Å². The summed E-state index contributed by atoms with van der Waals surface area (Å²) in [4.78, 5) is 26.9. The van der Waals surface area contributed by atoms with Crippen molar-refractivity contribution in [2.45, 2.75) is 13.3 Å². The highest BCUT2D eigenvalue weighted by atomic mass is 16.4. The summed E-state index contributed by atoms with van der Waals surface area (Å²) in [7, 11) is 2.08. The largest absolute Gasteiger partial charge is 0.481 e. The van der Waals surface area contributed by atoms with Crippen molar-refractivity contribution in [2.75, 3.05) is 39.8 Å². The maximum atomic E-state index is 12.0. The third kappa shape index (κ3) is 3.37. The highest BCUT2D eigenvalue weighted by Gasteiger charge is 2.37. The Bertz CT molecular complexity index is 361. The average molecular weight is 269 g/mol. The molecule has 0 aromatic carbocycles. The molecule has 6 nitrogen and oxygen atoms in total. The number of aliphatic carboxylic acids is 1. The van der Waals surface area contributed by atoms with Gasteiger partial charge < -0.3 is 20.2 Å². The molecular weight excluding hydrogens is 246 g/mol. The Morgan fingerprint density at radius 2 is 2.05 bits per heavy atom. The molecule has 0 radical (unpaired) electrons. The van der Waals surface area contributed by atoms with Crippen molar-refractivity contribution in [3.05, 3.63) is 0 Å². The van der Waals surface area contributed by atoms with Gasteiger partial charge in [-0.15, -0.1) is 0 Å². The molecule has 2 amide bonds. The summed E-state index contributed by atoms with van der Waals surface area (Å²) in [5, 5.41) is 12.0. The summed E-state index contributed by atoms with van der Waals surface area (Å²) in [6.45, 7) is 5.54. The van der Waals surface area contributed by atoms with Crippen LogP contribution in [-0.4, -0.2) is 66.7 Å². The number of carboxylic acid groups (broad SMARTS) is 1. The monoisotopic (exact) mass is 269 g/mol. The van der Waals surface area contributed by atoms with Gasteiger partial charge in [0.2, 0.25) is 0 Å².